The molecule has 1 saturated heterocycles. The second-order valence-electron chi connectivity index (χ2n) is 10.5. The van der Waals surface area contributed by atoms with Gasteiger partial charge in [-0.05, 0) is 38.4 Å². The molecule has 0 N–H and O–H groups in total. The van der Waals surface area contributed by atoms with Crippen molar-refractivity contribution < 1.29 is 13.9 Å². The van der Waals surface area contributed by atoms with Crippen LogP contribution in [0.4, 0.5) is 0 Å². The van der Waals surface area contributed by atoms with Crippen LogP contribution in [0, 0.1) is 0 Å². The highest BCUT2D eigenvalue weighted by Gasteiger charge is 2.43. The Morgan fingerprint density at radius 1 is 1.04 bits per heavy atom. The third-order valence-electron chi connectivity index (χ3n) is 6.35. The molecule has 0 amide bonds. The standard InChI is InChI=1S/C24H48O3Si/c1-10-12-13-14-15-16-17-18-20(27-28(8,9)23(3,4)5)19-22-21(11-2)25-24(6,7)26-22/h11,20-22H,2,10,12-19H2,1,3-9H3/t20-,21+,22+/m1/s1. The lowest BCUT2D eigenvalue weighted by atomic mass is 10.0. The molecule has 1 aliphatic rings. The molecule has 0 spiro atoms. The van der Waals surface area contributed by atoms with E-state index in [2.05, 4.69) is 47.4 Å². The Labute approximate surface area is 176 Å². The van der Waals surface area contributed by atoms with Gasteiger partial charge in [-0.3, -0.25) is 0 Å². The van der Waals surface area contributed by atoms with Crippen LogP contribution in [-0.2, 0) is 13.9 Å². The molecule has 166 valence electrons. The molecule has 0 aromatic heterocycles. The summed E-state index contributed by atoms with van der Waals surface area (Å²) in [5, 5.41) is 0.218. The number of hydrogen-bond acceptors (Lipinski definition) is 3. The number of hydrogen-bond donors (Lipinski definition) is 0. The van der Waals surface area contributed by atoms with Gasteiger partial charge in [0.2, 0.25) is 0 Å². The molecular weight excluding hydrogens is 364 g/mol. The van der Waals surface area contributed by atoms with E-state index in [0.717, 1.165) is 12.8 Å². The minimum absolute atomic E-state index is 0.0341. The van der Waals surface area contributed by atoms with E-state index in [-0.39, 0.29) is 23.4 Å². The van der Waals surface area contributed by atoms with Crippen molar-refractivity contribution in [3.63, 3.8) is 0 Å². The van der Waals surface area contributed by atoms with Gasteiger partial charge >= 0.3 is 0 Å². The summed E-state index contributed by atoms with van der Waals surface area (Å²) in [6.07, 6.45) is 13.4. The van der Waals surface area contributed by atoms with Gasteiger partial charge in [0.1, 0.15) is 6.10 Å². The Morgan fingerprint density at radius 2 is 1.61 bits per heavy atom. The van der Waals surface area contributed by atoms with Crippen molar-refractivity contribution in [2.45, 2.75) is 142 Å². The van der Waals surface area contributed by atoms with E-state index in [1.165, 1.54) is 44.9 Å². The quantitative estimate of drug-likeness (QED) is 0.177. The van der Waals surface area contributed by atoms with Gasteiger partial charge in [-0.2, -0.15) is 0 Å². The Hall–Kier alpha value is -0.163. The van der Waals surface area contributed by atoms with Crippen LogP contribution in [0.1, 0.15) is 99.3 Å². The zero-order chi connectivity index (χ0) is 21.4. The average molecular weight is 413 g/mol. The summed E-state index contributed by atoms with van der Waals surface area (Å²) in [7, 11) is -1.82. The van der Waals surface area contributed by atoms with Crippen molar-refractivity contribution >= 4 is 8.32 Å². The summed E-state index contributed by atoms with van der Waals surface area (Å²) in [5.41, 5.74) is 0. The maximum absolute atomic E-state index is 6.84. The van der Waals surface area contributed by atoms with Gasteiger partial charge in [-0.25, -0.2) is 0 Å². The second kappa shape index (κ2) is 11.3. The van der Waals surface area contributed by atoms with Gasteiger partial charge < -0.3 is 13.9 Å². The molecule has 0 saturated carbocycles. The van der Waals surface area contributed by atoms with E-state index in [1.54, 1.807) is 0 Å². The maximum atomic E-state index is 6.84. The van der Waals surface area contributed by atoms with Crippen LogP contribution in [0.5, 0.6) is 0 Å². The van der Waals surface area contributed by atoms with Gasteiger partial charge in [0.05, 0.1) is 6.10 Å². The highest BCUT2D eigenvalue weighted by Crippen LogP contribution is 2.39. The molecular formula is C24H48O3Si. The van der Waals surface area contributed by atoms with Crippen LogP contribution >= 0.6 is 0 Å². The van der Waals surface area contributed by atoms with Crippen molar-refractivity contribution in [2.24, 2.45) is 0 Å². The van der Waals surface area contributed by atoms with Gasteiger partial charge in [-0.1, -0.05) is 78.7 Å². The molecule has 0 bridgehead atoms. The molecule has 1 rings (SSSR count). The number of ether oxygens (including phenoxy) is 2. The lowest BCUT2D eigenvalue weighted by Crippen LogP contribution is -2.45. The summed E-state index contributed by atoms with van der Waals surface area (Å²) in [6.45, 7) is 21.9. The van der Waals surface area contributed by atoms with Crippen LogP contribution in [-0.4, -0.2) is 32.4 Å². The fourth-order valence-corrected chi connectivity index (χ4v) is 5.05. The molecule has 0 unspecified atom stereocenters. The first-order valence-corrected chi connectivity index (χ1v) is 14.5. The van der Waals surface area contributed by atoms with E-state index < -0.39 is 14.1 Å². The molecule has 3 atom stereocenters. The lowest BCUT2D eigenvalue weighted by molar-refractivity contribution is -0.145. The van der Waals surface area contributed by atoms with Gasteiger partial charge in [0, 0.05) is 12.5 Å². The maximum Gasteiger partial charge on any atom is 0.192 e. The normalized spacial score (nSPS) is 23.7. The predicted molar refractivity (Wildman–Crippen MR) is 123 cm³/mol. The van der Waals surface area contributed by atoms with E-state index >= 15 is 0 Å². The first-order valence-electron chi connectivity index (χ1n) is 11.6. The highest BCUT2D eigenvalue weighted by molar-refractivity contribution is 6.74. The summed E-state index contributed by atoms with van der Waals surface area (Å²) in [4.78, 5) is 0. The molecule has 0 aromatic rings. The molecule has 0 aromatic carbocycles. The Balaban J connectivity index is 2.66. The summed E-state index contributed by atoms with van der Waals surface area (Å²) >= 11 is 0. The third kappa shape index (κ3) is 8.69. The Bertz CT molecular complexity index is 453. The first kappa shape index (κ1) is 25.9. The van der Waals surface area contributed by atoms with E-state index in [9.17, 15) is 0 Å². The lowest BCUT2D eigenvalue weighted by Gasteiger charge is -2.40. The van der Waals surface area contributed by atoms with Crippen molar-refractivity contribution in [2.75, 3.05) is 0 Å². The van der Waals surface area contributed by atoms with Crippen LogP contribution in [0.2, 0.25) is 18.1 Å². The van der Waals surface area contributed by atoms with Crippen molar-refractivity contribution in [1.82, 2.24) is 0 Å². The Morgan fingerprint density at radius 3 is 2.14 bits per heavy atom. The SMILES string of the molecule is C=C[C@@H]1OC(C)(C)O[C@H]1C[C@@H](CCCCCCCCC)O[Si](C)(C)C(C)(C)C. The van der Waals surface area contributed by atoms with Crippen LogP contribution in [0.3, 0.4) is 0 Å². The zero-order valence-corrected chi connectivity index (χ0v) is 21.1. The van der Waals surface area contributed by atoms with Gasteiger partial charge in [0.25, 0.3) is 0 Å². The summed E-state index contributed by atoms with van der Waals surface area (Å²) in [5.74, 6) is -0.537. The zero-order valence-electron chi connectivity index (χ0n) is 20.1. The van der Waals surface area contributed by atoms with Crippen LogP contribution < -0.4 is 0 Å². The summed E-state index contributed by atoms with van der Waals surface area (Å²) in [6, 6.07) is 0. The van der Waals surface area contributed by atoms with Crippen molar-refractivity contribution in [3.8, 4) is 0 Å². The van der Waals surface area contributed by atoms with Gasteiger partial charge in [-0.15, -0.1) is 6.58 Å². The second-order valence-corrected chi connectivity index (χ2v) is 15.3. The summed E-state index contributed by atoms with van der Waals surface area (Å²) < 4.78 is 19.0. The fourth-order valence-electron chi connectivity index (χ4n) is 3.65. The fraction of sp³-hybridized carbons (Fsp3) is 0.917. The molecule has 0 aliphatic carbocycles. The number of rotatable bonds is 13. The minimum atomic E-state index is -1.82. The Kier molecular flexibility index (Phi) is 10.4. The molecule has 1 fully saturated rings. The van der Waals surface area contributed by atoms with E-state index in [0.29, 0.717) is 0 Å². The largest absolute Gasteiger partial charge is 0.414 e. The number of unbranched alkanes of at least 4 members (excludes halogenated alkanes) is 6. The highest BCUT2D eigenvalue weighted by atomic mass is 28.4. The molecule has 3 nitrogen and oxygen atoms in total. The molecule has 0 radical (unpaired) electrons. The molecule has 1 aliphatic heterocycles. The molecule has 28 heavy (non-hydrogen) atoms. The van der Waals surface area contributed by atoms with Crippen LogP contribution in [0.25, 0.3) is 0 Å². The predicted octanol–water partition coefficient (Wildman–Crippen LogP) is 7.61. The first-order chi connectivity index (χ1) is 12.9. The monoisotopic (exact) mass is 412 g/mol. The van der Waals surface area contributed by atoms with Crippen molar-refractivity contribution in [1.29, 1.82) is 0 Å². The average Bonchev–Trinajstić information content (AvgIpc) is 2.86. The smallest absolute Gasteiger partial charge is 0.192 e. The topological polar surface area (TPSA) is 27.7 Å². The van der Waals surface area contributed by atoms with E-state index in [1.807, 2.05) is 19.9 Å². The molecule has 4 heteroatoms. The van der Waals surface area contributed by atoms with Crippen molar-refractivity contribution in [3.05, 3.63) is 12.7 Å². The van der Waals surface area contributed by atoms with Crippen LogP contribution in [0.15, 0.2) is 12.7 Å². The minimum Gasteiger partial charge on any atom is -0.414 e. The molecule has 1 heterocycles. The third-order valence-corrected chi connectivity index (χ3v) is 10.9. The van der Waals surface area contributed by atoms with Gasteiger partial charge in [0.15, 0.2) is 14.1 Å². The van der Waals surface area contributed by atoms with E-state index in [4.69, 9.17) is 13.9 Å².